The number of dihydropyridines is 1. The maximum Gasteiger partial charge on any atom is 0.352 e. The average Bonchev–Trinajstić information content (AvgIpc) is 3.21. The summed E-state index contributed by atoms with van der Waals surface area (Å²) in [6, 6.07) is 6.87. The molecule has 1 aromatic heterocycles. The first-order chi connectivity index (χ1) is 14.0. The molecular formula is C20H16FN5O3. The molecule has 2 aliphatic rings. The number of allylic oxidation sites excluding steroid dienone is 1. The summed E-state index contributed by atoms with van der Waals surface area (Å²) in [7, 11) is 0. The van der Waals surface area contributed by atoms with Gasteiger partial charge in [-0.1, -0.05) is 18.2 Å². The summed E-state index contributed by atoms with van der Waals surface area (Å²) in [5.41, 5.74) is 1.82. The summed E-state index contributed by atoms with van der Waals surface area (Å²) < 4.78 is 13.0. The number of carbonyl (C=O) groups is 3. The molecule has 0 saturated heterocycles. The van der Waals surface area contributed by atoms with Crippen molar-refractivity contribution in [3.05, 3.63) is 60.2 Å². The smallest absolute Gasteiger partial charge is 0.352 e. The molecule has 29 heavy (non-hydrogen) atoms. The van der Waals surface area contributed by atoms with Crippen molar-refractivity contribution in [2.24, 2.45) is 15.9 Å². The first-order valence-corrected chi connectivity index (χ1v) is 8.90. The second-order valence-corrected chi connectivity index (χ2v) is 6.45. The lowest BCUT2D eigenvalue weighted by molar-refractivity contribution is -0.129. The number of hydrogen-bond donors (Lipinski definition) is 2. The van der Waals surface area contributed by atoms with Crippen LogP contribution in [-0.4, -0.2) is 52.9 Å². The normalized spacial score (nSPS) is 17.9. The first-order valence-electron chi connectivity index (χ1n) is 8.90. The first kappa shape index (κ1) is 18.5. The molecule has 2 aromatic rings. The SMILES string of the molecule is O=C(NCCN1C(=O)N=C2N=CC=CC2C1=O)c1cc(-c2ccc(F)cc2)c[nH]1. The van der Waals surface area contributed by atoms with Crippen LogP contribution in [0, 0.1) is 11.7 Å². The van der Waals surface area contributed by atoms with Gasteiger partial charge in [0.25, 0.3) is 5.91 Å². The van der Waals surface area contributed by atoms with Gasteiger partial charge in [0.1, 0.15) is 23.3 Å². The molecule has 1 aromatic carbocycles. The van der Waals surface area contributed by atoms with Gasteiger partial charge in [0.05, 0.1) is 0 Å². The quantitative estimate of drug-likeness (QED) is 0.813. The summed E-state index contributed by atoms with van der Waals surface area (Å²) in [6.45, 7) is 0.0749. The highest BCUT2D eigenvalue weighted by molar-refractivity contribution is 6.19. The van der Waals surface area contributed by atoms with E-state index in [1.165, 1.54) is 18.3 Å². The van der Waals surface area contributed by atoms with E-state index in [0.29, 0.717) is 5.69 Å². The van der Waals surface area contributed by atoms with E-state index in [1.807, 2.05) is 0 Å². The van der Waals surface area contributed by atoms with Gasteiger partial charge in [0.2, 0.25) is 5.91 Å². The lowest BCUT2D eigenvalue weighted by atomic mass is 10.0. The van der Waals surface area contributed by atoms with Gasteiger partial charge in [-0.2, -0.15) is 4.99 Å². The van der Waals surface area contributed by atoms with Gasteiger partial charge in [0.15, 0.2) is 0 Å². The number of nitrogens with zero attached hydrogens (tertiary/aromatic N) is 3. The number of aromatic amines is 1. The molecule has 4 rings (SSSR count). The van der Waals surface area contributed by atoms with Gasteiger partial charge in [-0.05, 0) is 35.4 Å². The van der Waals surface area contributed by atoms with Gasteiger partial charge < -0.3 is 10.3 Å². The molecule has 0 saturated carbocycles. The van der Waals surface area contributed by atoms with Gasteiger partial charge >= 0.3 is 6.03 Å². The number of nitrogens with one attached hydrogen (secondary N) is 2. The Morgan fingerprint density at radius 2 is 2.00 bits per heavy atom. The van der Waals surface area contributed by atoms with E-state index in [9.17, 15) is 18.8 Å². The largest absolute Gasteiger partial charge is 0.357 e. The topological polar surface area (TPSA) is 107 Å². The van der Waals surface area contributed by atoms with Crippen molar-refractivity contribution < 1.29 is 18.8 Å². The highest BCUT2D eigenvalue weighted by atomic mass is 19.1. The number of aliphatic imine (C=N–C) groups is 2. The fraction of sp³-hybridized carbons (Fsp3) is 0.150. The number of imide groups is 1. The highest BCUT2D eigenvalue weighted by Gasteiger charge is 2.36. The van der Waals surface area contributed by atoms with Crippen LogP contribution in [0.4, 0.5) is 9.18 Å². The zero-order valence-corrected chi connectivity index (χ0v) is 15.1. The second kappa shape index (κ2) is 7.63. The van der Waals surface area contributed by atoms with Crippen LogP contribution in [0.25, 0.3) is 11.1 Å². The van der Waals surface area contributed by atoms with E-state index in [2.05, 4.69) is 20.3 Å². The molecule has 1 unspecified atom stereocenters. The third-order valence-corrected chi connectivity index (χ3v) is 4.57. The van der Waals surface area contributed by atoms with Crippen molar-refractivity contribution in [1.82, 2.24) is 15.2 Å². The van der Waals surface area contributed by atoms with Crippen LogP contribution >= 0.6 is 0 Å². The predicted octanol–water partition coefficient (Wildman–Crippen LogP) is 2.17. The summed E-state index contributed by atoms with van der Waals surface area (Å²) in [5.74, 6) is -1.63. The molecule has 0 radical (unpaired) electrons. The minimum absolute atomic E-state index is 0.000229. The van der Waals surface area contributed by atoms with Crippen LogP contribution in [0.1, 0.15) is 10.5 Å². The van der Waals surface area contributed by atoms with Crippen molar-refractivity contribution in [3.8, 4) is 11.1 Å². The van der Waals surface area contributed by atoms with Crippen molar-refractivity contribution in [2.75, 3.05) is 13.1 Å². The summed E-state index contributed by atoms with van der Waals surface area (Å²) in [6.07, 6.45) is 6.37. The average molecular weight is 393 g/mol. The van der Waals surface area contributed by atoms with Crippen molar-refractivity contribution in [2.45, 2.75) is 0 Å². The molecule has 4 amide bonds. The number of urea groups is 1. The monoisotopic (exact) mass is 393 g/mol. The van der Waals surface area contributed by atoms with Crippen LogP contribution in [0.5, 0.6) is 0 Å². The number of H-pyrrole nitrogens is 1. The number of rotatable bonds is 5. The maximum atomic E-state index is 13.0. The lowest BCUT2D eigenvalue weighted by Gasteiger charge is -2.27. The lowest BCUT2D eigenvalue weighted by Crippen LogP contribution is -2.48. The molecule has 0 bridgehead atoms. The maximum absolute atomic E-state index is 13.0. The molecule has 0 aliphatic carbocycles. The molecular weight excluding hydrogens is 377 g/mol. The molecule has 9 heteroatoms. The Hall–Kier alpha value is -3.88. The Bertz CT molecular complexity index is 1070. The zero-order chi connectivity index (χ0) is 20.4. The van der Waals surface area contributed by atoms with Crippen molar-refractivity contribution in [1.29, 1.82) is 0 Å². The number of aromatic nitrogens is 1. The van der Waals surface area contributed by atoms with Crippen LogP contribution in [0.2, 0.25) is 0 Å². The van der Waals surface area contributed by atoms with E-state index >= 15 is 0 Å². The molecule has 2 aliphatic heterocycles. The minimum atomic E-state index is -0.693. The fourth-order valence-corrected chi connectivity index (χ4v) is 3.07. The Morgan fingerprint density at radius 3 is 2.79 bits per heavy atom. The van der Waals surface area contributed by atoms with Crippen LogP contribution in [-0.2, 0) is 4.79 Å². The van der Waals surface area contributed by atoms with E-state index < -0.39 is 17.9 Å². The highest BCUT2D eigenvalue weighted by Crippen LogP contribution is 2.21. The molecule has 1 atom stereocenters. The van der Waals surface area contributed by atoms with E-state index in [-0.39, 0.29) is 30.6 Å². The number of hydrogen-bond acceptors (Lipinski definition) is 4. The fourth-order valence-electron chi connectivity index (χ4n) is 3.07. The standard InChI is InChI=1S/C20H16FN5O3/c21-14-5-3-12(4-6-14)13-10-16(24-11-13)18(27)23-8-9-26-19(28)15-2-1-7-22-17(15)25-20(26)29/h1-7,10-11,15,24H,8-9H2,(H,23,27). The molecule has 8 nitrogen and oxygen atoms in total. The van der Waals surface area contributed by atoms with E-state index in [4.69, 9.17) is 0 Å². The molecule has 3 heterocycles. The summed E-state index contributed by atoms with van der Waals surface area (Å²) in [4.78, 5) is 48.5. The van der Waals surface area contributed by atoms with E-state index in [0.717, 1.165) is 16.0 Å². The number of benzene rings is 1. The second-order valence-electron chi connectivity index (χ2n) is 6.45. The summed E-state index contributed by atoms with van der Waals surface area (Å²) >= 11 is 0. The predicted molar refractivity (Wildman–Crippen MR) is 104 cm³/mol. The summed E-state index contributed by atoms with van der Waals surface area (Å²) in [5, 5.41) is 2.66. The molecule has 0 fully saturated rings. The minimum Gasteiger partial charge on any atom is -0.357 e. The molecule has 2 N–H and O–H groups in total. The number of fused-ring (bicyclic) bond motifs is 1. The molecule has 0 spiro atoms. The Morgan fingerprint density at radius 1 is 1.21 bits per heavy atom. The Kier molecular flexibility index (Phi) is 4.86. The zero-order valence-electron chi connectivity index (χ0n) is 15.1. The van der Waals surface area contributed by atoms with Gasteiger partial charge in [0, 0.05) is 25.5 Å². The van der Waals surface area contributed by atoms with Gasteiger partial charge in [-0.3, -0.25) is 14.5 Å². The van der Waals surface area contributed by atoms with Gasteiger partial charge in [-0.25, -0.2) is 14.2 Å². The van der Waals surface area contributed by atoms with E-state index in [1.54, 1.807) is 36.5 Å². The van der Waals surface area contributed by atoms with Crippen LogP contribution in [0.15, 0.2) is 58.7 Å². The van der Waals surface area contributed by atoms with Crippen molar-refractivity contribution >= 4 is 29.9 Å². The third kappa shape index (κ3) is 3.75. The Balaban J connectivity index is 1.36. The third-order valence-electron chi connectivity index (χ3n) is 4.57. The number of carbonyl (C=O) groups excluding carboxylic acids is 3. The van der Waals surface area contributed by atoms with Gasteiger partial charge in [-0.15, -0.1) is 0 Å². The molecule has 146 valence electrons. The van der Waals surface area contributed by atoms with Crippen LogP contribution < -0.4 is 5.32 Å². The number of halogens is 1. The number of amidine groups is 1. The Labute approximate surface area is 164 Å². The van der Waals surface area contributed by atoms with Crippen molar-refractivity contribution in [3.63, 3.8) is 0 Å². The van der Waals surface area contributed by atoms with Crippen LogP contribution in [0.3, 0.4) is 0 Å². The number of amides is 4.